The minimum Gasteiger partial charge on any atom is -0.464 e. The maximum Gasteiger partial charge on any atom is 0.360 e. The molecular formula is C19H19N9O3. The van der Waals surface area contributed by atoms with Gasteiger partial charge in [0.25, 0.3) is 5.91 Å². The molecule has 1 amide bonds. The summed E-state index contributed by atoms with van der Waals surface area (Å²) in [5.41, 5.74) is 1.28. The van der Waals surface area contributed by atoms with Crippen LogP contribution in [0.3, 0.4) is 0 Å². The highest BCUT2D eigenvalue weighted by atomic mass is 16.5. The fourth-order valence-corrected chi connectivity index (χ4v) is 2.81. The Bertz CT molecular complexity index is 1210. The van der Waals surface area contributed by atoms with Gasteiger partial charge in [-0.2, -0.15) is 10.2 Å². The van der Waals surface area contributed by atoms with E-state index in [4.69, 9.17) is 4.74 Å². The lowest BCUT2D eigenvalue weighted by Gasteiger charge is -2.02. The molecule has 3 aromatic heterocycles. The van der Waals surface area contributed by atoms with Gasteiger partial charge < -0.3 is 10.1 Å². The van der Waals surface area contributed by atoms with Gasteiger partial charge in [0.05, 0.1) is 12.8 Å². The number of amides is 1. The minimum atomic E-state index is -0.639. The van der Waals surface area contributed by atoms with E-state index < -0.39 is 11.9 Å². The Labute approximate surface area is 176 Å². The molecule has 158 valence electrons. The summed E-state index contributed by atoms with van der Waals surface area (Å²) in [6, 6.07) is 11.0. The maximum absolute atomic E-state index is 12.6. The second-order valence-corrected chi connectivity index (χ2v) is 6.43. The third-order valence-electron chi connectivity index (χ3n) is 4.34. The Kier molecular flexibility index (Phi) is 5.51. The zero-order chi connectivity index (χ0) is 21.8. The number of aromatic nitrogens is 8. The molecule has 0 saturated carbocycles. The number of nitrogens with zero attached hydrogens (tertiary/aromatic N) is 8. The van der Waals surface area contributed by atoms with Crippen LogP contribution in [0.1, 0.15) is 27.9 Å². The summed E-state index contributed by atoms with van der Waals surface area (Å²) in [6.07, 6.45) is 3.18. The van der Waals surface area contributed by atoms with E-state index in [1.165, 1.54) is 21.3 Å². The zero-order valence-corrected chi connectivity index (χ0v) is 16.8. The molecule has 0 aliphatic carbocycles. The van der Waals surface area contributed by atoms with Crippen molar-refractivity contribution < 1.29 is 14.3 Å². The molecule has 0 aliphatic rings. The van der Waals surface area contributed by atoms with Gasteiger partial charge in [-0.3, -0.25) is 9.48 Å². The van der Waals surface area contributed by atoms with Crippen LogP contribution in [0, 0.1) is 0 Å². The molecule has 0 saturated heterocycles. The number of tetrazole rings is 1. The minimum absolute atomic E-state index is 0.0254. The van der Waals surface area contributed by atoms with E-state index >= 15 is 0 Å². The largest absolute Gasteiger partial charge is 0.464 e. The Balaban J connectivity index is 1.46. The number of benzene rings is 1. The molecule has 0 aliphatic heterocycles. The van der Waals surface area contributed by atoms with Gasteiger partial charge in [0.15, 0.2) is 18.1 Å². The van der Waals surface area contributed by atoms with E-state index in [0.717, 1.165) is 5.56 Å². The van der Waals surface area contributed by atoms with E-state index in [0.29, 0.717) is 12.4 Å². The van der Waals surface area contributed by atoms with Crippen LogP contribution in [0.2, 0.25) is 0 Å². The van der Waals surface area contributed by atoms with Gasteiger partial charge in [0.2, 0.25) is 5.82 Å². The molecule has 0 atom stereocenters. The van der Waals surface area contributed by atoms with E-state index in [2.05, 4.69) is 30.9 Å². The summed E-state index contributed by atoms with van der Waals surface area (Å²) in [6.45, 7) is 2.57. The molecule has 0 spiro atoms. The molecule has 12 heteroatoms. The number of esters is 1. The fourth-order valence-electron chi connectivity index (χ4n) is 2.81. The predicted octanol–water partition coefficient (Wildman–Crippen LogP) is 1.30. The van der Waals surface area contributed by atoms with Crippen LogP contribution in [-0.4, -0.2) is 58.8 Å². The molecule has 0 bridgehead atoms. The van der Waals surface area contributed by atoms with E-state index in [-0.39, 0.29) is 23.7 Å². The van der Waals surface area contributed by atoms with E-state index in [9.17, 15) is 9.59 Å². The standard InChI is InChI=1S/C19H19N9O3/c1-3-26-11-15(16(23-26)19(30)31-2)20-18(29)14-9-10-27(22-14)12-28-24-17(21-25-28)13-7-5-4-6-8-13/h4-11H,3,12H2,1-2H3,(H,20,29). The van der Waals surface area contributed by atoms with Crippen LogP contribution in [0.4, 0.5) is 5.69 Å². The van der Waals surface area contributed by atoms with Gasteiger partial charge in [0.1, 0.15) is 0 Å². The first-order chi connectivity index (χ1) is 15.1. The van der Waals surface area contributed by atoms with Crippen molar-refractivity contribution in [1.29, 1.82) is 0 Å². The van der Waals surface area contributed by atoms with E-state index in [1.807, 2.05) is 37.3 Å². The average molecular weight is 421 g/mol. The van der Waals surface area contributed by atoms with Gasteiger partial charge in [-0.1, -0.05) is 30.3 Å². The summed E-state index contributed by atoms with van der Waals surface area (Å²) in [5.74, 6) is -0.635. The number of hydrogen-bond acceptors (Lipinski definition) is 8. The van der Waals surface area contributed by atoms with Gasteiger partial charge >= 0.3 is 5.97 Å². The van der Waals surface area contributed by atoms with Crippen LogP contribution in [-0.2, 0) is 18.0 Å². The highest BCUT2D eigenvalue weighted by molar-refractivity contribution is 6.06. The zero-order valence-electron chi connectivity index (χ0n) is 16.8. The molecule has 4 rings (SSSR count). The second kappa shape index (κ2) is 8.57. The molecule has 3 heterocycles. The maximum atomic E-state index is 12.6. The number of carbonyl (C=O) groups excluding carboxylic acids is 2. The molecular weight excluding hydrogens is 402 g/mol. The number of methoxy groups -OCH3 is 1. The highest BCUT2D eigenvalue weighted by Gasteiger charge is 2.20. The number of hydrogen-bond donors (Lipinski definition) is 1. The molecule has 0 fully saturated rings. The SMILES string of the molecule is CCn1cc(NC(=O)c2ccn(Cn3nnc(-c4ccccc4)n3)n2)c(C(=O)OC)n1. The first kappa shape index (κ1) is 19.9. The smallest absolute Gasteiger partial charge is 0.360 e. The topological polar surface area (TPSA) is 135 Å². The lowest BCUT2D eigenvalue weighted by Crippen LogP contribution is -2.17. The van der Waals surface area contributed by atoms with Crippen molar-refractivity contribution in [3.63, 3.8) is 0 Å². The normalized spacial score (nSPS) is 10.8. The summed E-state index contributed by atoms with van der Waals surface area (Å²) >= 11 is 0. The number of aryl methyl sites for hydroxylation is 1. The van der Waals surface area contributed by atoms with Crippen LogP contribution in [0.15, 0.2) is 48.8 Å². The van der Waals surface area contributed by atoms with Crippen molar-refractivity contribution >= 4 is 17.6 Å². The van der Waals surface area contributed by atoms with E-state index in [1.54, 1.807) is 18.5 Å². The Hall–Kier alpha value is -4.35. The molecule has 0 radical (unpaired) electrons. The third-order valence-corrected chi connectivity index (χ3v) is 4.34. The van der Waals surface area contributed by atoms with Crippen molar-refractivity contribution in [3.05, 3.63) is 60.2 Å². The quantitative estimate of drug-likeness (QED) is 0.441. The Morgan fingerprint density at radius 2 is 1.87 bits per heavy atom. The molecule has 31 heavy (non-hydrogen) atoms. The van der Waals surface area contributed by atoms with Crippen molar-refractivity contribution in [2.75, 3.05) is 12.4 Å². The number of anilines is 1. The Morgan fingerprint density at radius 3 is 2.61 bits per heavy atom. The monoisotopic (exact) mass is 421 g/mol. The van der Waals surface area contributed by atoms with Crippen molar-refractivity contribution in [2.45, 2.75) is 20.1 Å². The van der Waals surface area contributed by atoms with Crippen LogP contribution >= 0.6 is 0 Å². The first-order valence-electron chi connectivity index (χ1n) is 9.41. The van der Waals surface area contributed by atoms with Crippen molar-refractivity contribution in [3.8, 4) is 11.4 Å². The lowest BCUT2D eigenvalue weighted by molar-refractivity contribution is 0.0594. The fraction of sp³-hybridized carbons (Fsp3) is 0.211. The third kappa shape index (κ3) is 4.32. The summed E-state index contributed by atoms with van der Waals surface area (Å²) in [7, 11) is 1.25. The Morgan fingerprint density at radius 1 is 1.06 bits per heavy atom. The first-order valence-corrected chi connectivity index (χ1v) is 9.41. The average Bonchev–Trinajstić information content (AvgIpc) is 3.54. The molecule has 4 aromatic rings. The van der Waals surface area contributed by atoms with Crippen molar-refractivity contribution in [2.24, 2.45) is 0 Å². The highest BCUT2D eigenvalue weighted by Crippen LogP contribution is 2.16. The summed E-state index contributed by atoms with van der Waals surface area (Å²) < 4.78 is 7.75. The lowest BCUT2D eigenvalue weighted by atomic mass is 10.2. The van der Waals surface area contributed by atoms with Crippen molar-refractivity contribution in [1.82, 2.24) is 39.8 Å². The van der Waals surface area contributed by atoms with Gasteiger partial charge in [-0.05, 0) is 18.2 Å². The number of nitrogens with one attached hydrogen (secondary N) is 1. The van der Waals surface area contributed by atoms with Crippen LogP contribution < -0.4 is 5.32 Å². The molecule has 1 aromatic carbocycles. The van der Waals surface area contributed by atoms with Gasteiger partial charge in [0, 0.05) is 24.5 Å². The van der Waals surface area contributed by atoms with Gasteiger partial charge in [-0.25, -0.2) is 9.48 Å². The number of rotatable bonds is 7. The molecule has 12 nitrogen and oxygen atoms in total. The molecule has 0 unspecified atom stereocenters. The predicted molar refractivity (Wildman–Crippen MR) is 108 cm³/mol. The van der Waals surface area contributed by atoms with Gasteiger partial charge in [-0.15, -0.1) is 15.0 Å². The van der Waals surface area contributed by atoms with Crippen LogP contribution in [0.5, 0.6) is 0 Å². The summed E-state index contributed by atoms with van der Waals surface area (Å²) in [4.78, 5) is 25.9. The number of ether oxygens (including phenoxy) is 1. The molecule has 1 N–H and O–H groups in total. The van der Waals surface area contributed by atoms with Crippen LogP contribution in [0.25, 0.3) is 11.4 Å². The second-order valence-electron chi connectivity index (χ2n) is 6.43. The summed E-state index contributed by atoms with van der Waals surface area (Å²) in [5, 5.41) is 23.4. The number of carbonyl (C=O) groups is 2.